The van der Waals surface area contributed by atoms with Gasteiger partial charge in [0.1, 0.15) is 0 Å². The van der Waals surface area contributed by atoms with Crippen molar-refractivity contribution in [1.82, 2.24) is 4.90 Å². The standard InChI is InChI=1S/C17H28N2/c1-5-14-6-7-15(12(2)3)9-16(14)17-8-13(10-18)11-19(17)4/h6-7,9,12-13,17H,5,8,10-11,18H2,1-4H3. The summed E-state index contributed by atoms with van der Waals surface area (Å²) in [4.78, 5) is 2.48. The Bertz CT molecular complexity index is 425. The molecule has 2 atom stereocenters. The normalized spacial score (nSPS) is 24.3. The Labute approximate surface area is 118 Å². The topological polar surface area (TPSA) is 29.3 Å². The van der Waals surface area contributed by atoms with Crippen LogP contribution in [0, 0.1) is 5.92 Å². The molecule has 106 valence electrons. The largest absolute Gasteiger partial charge is 0.330 e. The van der Waals surface area contributed by atoms with Crippen LogP contribution in [0.1, 0.15) is 55.8 Å². The smallest absolute Gasteiger partial charge is 0.0351 e. The molecule has 1 heterocycles. The van der Waals surface area contributed by atoms with Crippen molar-refractivity contribution in [2.75, 3.05) is 20.1 Å². The minimum atomic E-state index is 0.558. The van der Waals surface area contributed by atoms with E-state index >= 15 is 0 Å². The Balaban J connectivity index is 2.34. The molecule has 1 aliphatic rings. The summed E-state index contributed by atoms with van der Waals surface area (Å²) in [5.74, 6) is 1.25. The average Bonchev–Trinajstić information content (AvgIpc) is 2.79. The third-order valence-corrected chi connectivity index (χ3v) is 4.54. The molecule has 2 nitrogen and oxygen atoms in total. The zero-order valence-corrected chi connectivity index (χ0v) is 12.8. The zero-order valence-electron chi connectivity index (χ0n) is 12.8. The number of hydrogen-bond donors (Lipinski definition) is 1. The molecule has 0 amide bonds. The summed E-state index contributed by atoms with van der Waals surface area (Å²) in [6, 6.07) is 7.61. The molecule has 0 bridgehead atoms. The van der Waals surface area contributed by atoms with Gasteiger partial charge < -0.3 is 5.73 Å². The Morgan fingerprint density at radius 2 is 2.11 bits per heavy atom. The first kappa shape index (κ1) is 14.5. The lowest BCUT2D eigenvalue weighted by Gasteiger charge is -2.23. The molecule has 1 aliphatic heterocycles. The molecule has 2 rings (SSSR count). The number of hydrogen-bond acceptors (Lipinski definition) is 2. The van der Waals surface area contributed by atoms with E-state index in [0.29, 0.717) is 17.9 Å². The summed E-state index contributed by atoms with van der Waals surface area (Å²) < 4.78 is 0. The van der Waals surface area contributed by atoms with E-state index in [1.54, 1.807) is 0 Å². The van der Waals surface area contributed by atoms with Crippen molar-refractivity contribution < 1.29 is 0 Å². The lowest BCUT2D eigenvalue weighted by Crippen LogP contribution is -2.21. The van der Waals surface area contributed by atoms with E-state index in [1.165, 1.54) is 23.1 Å². The summed E-state index contributed by atoms with van der Waals surface area (Å²) in [6.07, 6.45) is 2.33. The van der Waals surface area contributed by atoms with Gasteiger partial charge in [-0.2, -0.15) is 0 Å². The quantitative estimate of drug-likeness (QED) is 0.900. The second-order valence-electron chi connectivity index (χ2n) is 6.26. The van der Waals surface area contributed by atoms with Crippen molar-refractivity contribution in [3.05, 3.63) is 34.9 Å². The number of nitrogens with two attached hydrogens (primary N) is 1. The monoisotopic (exact) mass is 260 g/mol. The summed E-state index contributed by atoms with van der Waals surface area (Å²) in [5, 5.41) is 0. The van der Waals surface area contributed by atoms with Crippen molar-refractivity contribution in [2.24, 2.45) is 11.7 Å². The van der Waals surface area contributed by atoms with Gasteiger partial charge in [0, 0.05) is 12.6 Å². The second-order valence-corrected chi connectivity index (χ2v) is 6.26. The predicted octanol–water partition coefficient (Wildman–Crippen LogP) is 3.32. The first-order chi connectivity index (χ1) is 9.06. The Hall–Kier alpha value is -0.860. The average molecular weight is 260 g/mol. The van der Waals surface area contributed by atoms with Crippen LogP contribution in [0.25, 0.3) is 0 Å². The number of benzene rings is 1. The van der Waals surface area contributed by atoms with Crippen molar-refractivity contribution in [2.45, 2.75) is 45.6 Å². The van der Waals surface area contributed by atoms with Crippen LogP contribution in [0.2, 0.25) is 0 Å². The fourth-order valence-corrected chi connectivity index (χ4v) is 3.24. The van der Waals surface area contributed by atoms with Gasteiger partial charge in [-0.3, -0.25) is 4.90 Å². The zero-order chi connectivity index (χ0) is 14.0. The molecule has 2 unspecified atom stereocenters. The molecule has 2 N–H and O–H groups in total. The molecule has 0 aliphatic carbocycles. The van der Waals surface area contributed by atoms with Crippen LogP contribution >= 0.6 is 0 Å². The molecule has 19 heavy (non-hydrogen) atoms. The highest BCUT2D eigenvalue weighted by atomic mass is 15.2. The summed E-state index contributed by atoms with van der Waals surface area (Å²) >= 11 is 0. The van der Waals surface area contributed by atoms with Crippen LogP contribution in [-0.4, -0.2) is 25.0 Å². The van der Waals surface area contributed by atoms with Gasteiger partial charge in [0.2, 0.25) is 0 Å². The highest BCUT2D eigenvalue weighted by Crippen LogP contribution is 2.36. The van der Waals surface area contributed by atoms with Crippen molar-refractivity contribution in [3.63, 3.8) is 0 Å². The van der Waals surface area contributed by atoms with E-state index in [0.717, 1.165) is 19.5 Å². The fraction of sp³-hybridized carbons (Fsp3) is 0.647. The van der Waals surface area contributed by atoms with E-state index in [2.05, 4.69) is 50.9 Å². The van der Waals surface area contributed by atoms with Gasteiger partial charge in [0.25, 0.3) is 0 Å². The summed E-state index contributed by atoms with van der Waals surface area (Å²) in [7, 11) is 2.24. The minimum Gasteiger partial charge on any atom is -0.330 e. The van der Waals surface area contributed by atoms with E-state index in [9.17, 15) is 0 Å². The van der Waals surface area contributed by atoms with Crippen molar-refractivity contribution in [3.8, 4) is 0 Å². The predicted molar refractivity (Wildman–Crippen MR) is 82.4 cm³/mol. The lowest BCUT2D eigenvalue weighted by atomic mass is 9.90. The molecule has 1 aromatic rings. The Morgan fingerprint density at radius 1 is 1.37 bits per heavy atom. The van der Waals surface area contributed by atoms with Crippen LogP contribution in [0.15, 0.2) is 18.2 Å². The van der Waals surface area contributed by atoms with E-state index in [-0.39, 0.29) is 0 Å². The van der Waals surface area contributed by atoms with Gasteiger partial charge in [-0.1, -0.05) is 39.0 Å². The van der Waals surface area contributed by atoms with E-state index in [1.807, 2.05) is 0 Å². The highest BCUT2D eigenvalue weighted by molar-refractivity contribution is 5.36. The van der Waals surface area contributed by atoms with Crippen LogP contribution in [0.5, 0.6) is 0 Å². The number of rotatable bonds is 4. The highest BCUT2D eigenvalue weighted by Gasteiger charge is 2.30. The van der Waals surface area contributed by atoms with Crippen molar-refractivity contribution >= 4 is 0 Å². The molecular weight excluding hydrogens is 232 g/mol. The molecule has 0 saturated carbocycles. The first-order valence-electron chi connectivity index (χ1n) is 7.59. The molecular formula is C17H28N2. The number of aryl methyl sites for hydroxylation is 1. The Kier molecular flexibility index (Phi) is 4.64. The van der Waals surface area contributed by atoms with Gasteiger partial charge in [0.15, 0.2) is 0 Å². The molecule has 0 radical (unpaired) electrons. The molecule has 1 saturated heterocycles. The molecule has 1 aromatic carbocycles. The molecule has 0 spiro atoms. The molecule has 2 heteroatoms. The van der Waals surface area contributed by atoms with Gasteiger partial charge in [-0.05, 0) is 55.0 Å². The maximum Gasteiger partial charge on any atom is 0.0351 e. The van der Waals surface area contributed by atoms with E-state index < -0.39 is 0 Å². The minimum absolute atomic E-state index is 0.558. The summed E-state index contributed by atoms with van der Waals surface area (Å²) in [5.41, 5.74) is 10.3. The fourth-order valence-electron chi connectivity index (χ4n) is 3.24. The molecule has 1 fully saturated rings. The summed E-state index contributed by atoms with van der Waals surface area (Å²) in [6.45, 7) is 8.74. The van der Waals surface area contributed by atoms with Crippen LogP contribution in [-0.2, 0) is 6.42 Å². The second kappa shape index (κ2) is 6.06. The van der Waals surface area contributed by atoms with Crippen LogP contribution in [0.3, 0.4) is 0 Å². The van der Waals surface area contributed by atoms with E-state index in [4.69, 9.17) is 5.73 Å². The van der Waals surface area contributed by atoms with Gasteiger partial charge in [-0.25, -0.2) is 0 Å². The van der Waals surface area contributed by atoms with Gasteiger partial charge in [0.05, 0.1) is 0 Å². The third kappa shape index (κ3) is 3.01. The SMILES string of the molecule is CCc1ccc(C(C)C)cc1C1CC(CN)CN1C. The Morgan fingerprint density at radius 3 is 2.63 bits per heavy atom. The maximum absolute atomic E-state index is 5.86. The molecule has 0 aromatic heterocycles. The maximum atomic E-state index is 5.86. The van der Waals surface area contributed by atoms with Gasteiger partial charge in [-0.15, -0.1) is 0 Å². The number of likely N-dealkylation sites (tertiary alicyclic amines) is 1. The van der Waals surface area contributed by atoms with Crippen LogP contribution < -0.4 is 5.73 Å². The number of nitrogens with zero attached hydrogens (tertiary/aromatic N) is 1. The van der Waals surface area contributed by atoms with Crippen molar-refractivity contribution in [1.29, 1.82) is 0 Å². The lowest BCUT2D eigenvalue weighted by molar-refractivity contribution is 0.312. The third-order valence-electron chi connectivity index (χ3n) is 4.54. The van der Waals surface area contributed by atoms with Crippen LogP contribution in [0.4, 0.5) is 0 Å². The first-order valence-corrected chi connectivity index (χ1v) is 7.59. The van der Waals surface area contributed by atoms with Gasteiger partial charge >= 0.3 is 0 Å².